The Morgan fingerprint density at radius 3 is 2.74 bits per heavy atom. The van der Waals surface area contributed by atoms with Gasteiger partial charge >= 0.3 is 0 Å². The number of halogens is 1. The third kappa shape index (κ3) is 6.28. The summed E-state index contributed by atoms with van der Waals surface area (Å²) in [7, 11) is 0. The van der Waals surface area contributed by atoms with E-state index < -0.39 is 24.0 Å². The number of hydrogen-bond donors (Lipinski definition) is 3. The Kier molecular flexibility index (Phi) is 8.55. The van der Waals surface area contributed by atoms with E-state index in [1.165, 1.54) is 0 Å². The number of amides is 2. The fourth-order valence-electron chi connectivity index (χ4n) is 4.73. The van der Waals surface area contributed by atoms with Crippen molar-refractivity contribution in [1.82, 2.24) is 10.2 Å². The normalized spacial score (nSPS) is 21.5. The van der Waals surface area contributed by atoms with Crippen LogP contribution in [0, 0.1) is 12.8 Å². The van der Waals surface area contributed by atoms with E-state index in [1.807, 2.05) is 55.5 Å². The van der Waals surface area contributed by atoms with Crippen LogP contribution in [0.3, 0.4) is 0 Å². The number of aryl methyl sites for hydroxylation is 1. The maximum atomic E-state index is 13.0. The van der Waals surface area contributed by atoms with Gasteiger partial charge in [0.15, 0.2) is 12.2 Å². The van der Waals surface area contributed by atoms with Gasteiger partial charge in [-0.1, -0.05) is 65.7 Å². The molecule has 2 aromatic rings. The molecule has 3 N–H and O–H groups in total. The van der Waals surface area contributed by atoms with Gasteiger partial charge < -0.3 is 20.4 Å². The molecule has 2 aliphatic heterocycles. The van der Waals surface area contributed by atoms with Gasteiger partial charge in [0.2, 0.25) is 0 Å². The molecule has 0 aliphatic carbocycles. The first-order chi connectivity index (χ1) is 16.8. The maximum absolute atomic E-state index is 13.0. The maximum Gasteiger partial charge on any atom is 0.255 e. The Balaban J connectivity index is 1.30. The smallest absolute Gasteiger partial charge is 0.255 e. The summed E-state index contributed by atoms with van der Waals surface area (Å²) in [6.07, 6.45) is 0.882. The molecule has 0 bridgehead atoms. The molecular weight excluding hydrogens is 484 g/mol. The zero-order valence-electron chi connectivity index (χ0n) is 19.7. The fourth-order valence-corrected chi connectivity index (χ4v) is 6.05. The molecule has 4 rings (SSSR count). The lowest BCUT2D eigenvalue weighted by Gasteiger charge is -2.28. The first-order valence-electron chi connectivity index (χ1n) is 11.9. The van der Waals surface area contributed by atoms with Crippen LogP contribution in [0.4, 0.5) is 0 Å². The average Bonchev–Trinajstić information content (AvgIpc) is 3.52. The van der Waals surface area contributed by atoms with Crippen molar-refractivity contribution >= 4 is 35.2 Å². The molecule has 6 nitrogen and oxygen atoms in total. The Labute approximate surface area is 215 Å². The Morgan fingerprint density at radius 2 is 1.97 bits per heavy atom. The molecule has 8 heteroatoms. The minimum absolute atomic E-state index is 0.164. The molecule has 0 radical (unpaired) electrons. The molecule has 1 unspecified atom stereocenters. The first kappa shape index (κ1) is 25.8. The minimum atomic E-state index is -1.83. The molecule has 2 heterocycles. The predicted octanol–water partition coefficient (Wildman–Crippen LogP) is 3.64. The van der Waals surface area contributed by atoms with E-state index in [4.69, 9.17) is 11.6 Å². The number of carbonyl (C=O) groups is 2. The van der Waals surface area contributed by atoms with E-state index in [-0.39, 0.29) is 12.6 Å². The van der Waals surface area contributed by atoms with Crippen molar-refractivity contribution in [2.75, 3.05) is 18.8 Å². The second-order valence-electron chi connectivity index (χ2n) is 9.21. The summed E-state index contributed by atoms with van der Waals surface area (Å²) >= 11 is 7.91. The summed E-state index contributed by atoms with van der Waals surface area (Å²) in [5.41, 5.74) is 3.18. The highest BCUT2D eigenvalue weighted by Crippen LogP contribution is 2.34. The van der Waals surface area contributed by atoms with Crippen LogP contribution in [-0.2, 0) is 16.0 Å². The van der Waals surface area contributed by atoms with Crippen LogP contribution >= 0.6 is 23.4 Å². The lowest BCUT2D eigenvalue weighted by molar-refractivity contribution is -0.153. The minimum Gasteiger partial charge on any atom is -0.380 e. The third-order valence-electron chi connectivity index (χ3n) is 6.56. The number of benzene rings is 2. The quantitative estimate of drug-likeness (QED) is 0.500. The van der Waals surface area contributed by atoms with Gasteiger partial charge in [0.1, 0.15) is 0 Å². The van der Waals surface area contributed by atoms with Gasteiger partial charge in [-0.15, -0.1) is 11.8 Å². The van der Waals surface area contributed by atoms with Gasteiger partial charge in [-0.25, -0.2) is 0 Å². The van der Waals surface area contributed by atoms with Gasteiger partial charge in [0, 0.05) is 28.8 Å². The standard InChI is InChI=1S/C27H31ClN2O4S/c1-17-6-4-8-20(12-17)23-10-5-11-30(23)27(34)25(32)24(31)26(33)29-15-21-14-18(16-35-21)13-19-7-2-3-9-22(19)28/h2-4,6-9,12,14,18,23-25,31-32H,5,10-11,13,15-16H2,1H3,(H,29,33)/t18?,23-,24-,25-/m1/s1. The van der Waals surface area contributed by atoms with Crippen molar-refractivity contribution in [2.45, 2.75) is 44.4 Å². The van der Waals surface area contributed by atoms with Crippen LogP contribution in [0.15, 0.2) is 59.5 Å². The summed E-state index contributed by atoms with van der Waals surface area (Å²) in [6.45, 7) is 2.72. The number of aliphatic hydroxyl groups excluding tert-OH is 2. The molecule has 186 valence electrons. The van der Waals surface area contributed by atoms with Crippen molar-refractivity contribution in [3.63, 3.8) is 0 Å². The SMILES string of the molecule is Cc1cccc([C@H]2CCCN2C(=O)[C@H](O)[C@@H](O)C(=O)NCC2=CC(Cc3ccccc3Cl)CS2)c1. The summed E-state index contributed by atoms with van der Waals surface area (Å²) in [5, 5.41) is 24.4. The van der Waals surface area contributed by atoms with Crippen molar-refractivity contribution < 1.29 is 19.8 Å². The van der Waals surface area contributed by atoms with Gasteiger partial charge in [-0.05, 0) is 49.3 Å². The molecule has 1 saturated heterocycles. The highest BCUT2D eigenvalue weighted by molar-refractivity contribution is 8.03. The fraction of sp³-hybridized carbons (Fsp3) is 0.407. The van der Waals surface area contributed by atoms with Crippen LogP contribution in [0.2, 0.25) is 5.02 Å². The third-order valence-corrected chi connectivity index (χ3v) is 8.18. The van der Waals surface area contributed by atoms with Gasteiger partial charge in [0.05, 0.1) is 6.04 Å². The number of allylic oxidation sites excluding steroid dienone is 1. The molecule has 1 fully saturated rings. The molecule has 35 heavy (non-hydrogen) atoms. The lowest BCUT2D eigenvalue weighted by atomic mass is 10.0. The van der Waals surface area contributed by atoms with Gasteiger partial charge in [-0.2, -0.15) is 0 Å². The van der Waals surface area contributed by atoms with E-state index >= 15 is 0 Å². The van der Waals surface area contributed by atoms with E-state index in [0.29, 0.717) is 12.5 Å². The average molecular weight is 515 g/mol. The molecule has 2 aliphatic rings. The van der Waals surface area contributed by atoms with E-state index in [9.17, 15) is 19.8 Å². The van der Waals surface area contributed by atoms with Crippen molar-refractivity contribution in [2.24, 2.45) is 5.92 Å². The number of carbonyl (C=O) groups excluding carboxylic acids is 2. The molecule has 2 amide bonds. The number of thioether (sulfide) groups is 1. The van der Waals surface area contributed by atoms with E-state index in [1.54, 1.807) is 16.7 Å². The molecule has 0 aromatic heterocycles. The van der Waals surface area contributed by atoms with Crippen LogP contribution in [0.1, 0.15) is 35.6 Å². The Morgan fingerprint density at radius 1 is 1.17 bits per heavy atom. The zero-order valence-corrected chi connectivity index (χ0v) is 21.3. The summed E-state index contributed by atoms with van der Waals surface area (Å²) in [6, 6.07) is 15.5. The van der Waals surface area contributed by atoms with Crippen LogP contribution in [0.5, 0.6) is 0 Å². The number of nitrogens with zero attached hydrogens (tertiary/aromatic N) is 1. The zero-order chi connectivity index (χ0) is 24.9. The molecule has 2 aromatic carbocycles. The molecular formula is C27H31ClN2O4S. The predicted molar refractivity (Wildman–Crippen MR) is 139 cm³/mol. The summed E-state index contributed by atoms with van der Waals surface area (Å²) in [4.78, 5) is 28.1. The first-order valence-corrected chi connectivity index (χ1v) is 13.3. The Bertz CT molecular complexity index is 1110. The number of hydrogen-bond acceptors (Lipinski definition) is 5. The number of likely N-dealkylation sites (tertiary alicyclic amines) is 1. The molecule has 4 atom stereocenters. The summed E-state index contributed by atoms with van der Waals surface area (Å²) < 4.78 is 0. The van der Waals surface area contributed by atoms with Crippen LogP contribution < -0.4 is 5.32 Å². The lowest BCUT2D eigenvalue weighted by Crippen LogP contribution is -2.50. The highest BCUT2D eigenvalue weighted by atomic mass is 35.5. The molecule has 0 spiro atoms. The van der Waals surface area contributed by atoms with E-state index in [0.717, 1.165) is 51.6 Å². The topological polar surface area (TPSA) is 89.9 Å². The van der Waals surface area contributed by atoms with Crippen molar-refractivity contribution in [3.8, 4) is 0 Å². The second-order valence-corrected chi connectivity index (χ2v) is 10.8. The number of rotatable bonds is 8. The van der Waals surface area contributed by atoms with Gasteiger partial charge in [-0.3, -0.25) is 9.59 Å². The largest absolute Gasteiger partial charge is 0.380 e. The Hall–Kier alpha value is -2.32. The van der Waals surface area contributed by atoms with Crippen LogP contribution in [-0.4, -0.2) is 58.0 Å². The van der Waals surface area contributed by atoms with Crippen molar-refractivity contribution in [1.29, 1.82) is 0 Å². The van der Waals surface area contributed by atoms with Gasteiger partial charge in [0.25, 0.3) is 11.8 Å². The molecule has 0 saturated carbocycles. The highest BCUT2D eigenvalue weighted by Gasteiger charge is 2.38. The monoisotopic (exact) mass is 514 g/mol. The second kappa shape index (κ2) is 11.6. The summed E-state index contributed by atoms with van der Waals surface area (Å²) in [5.74, 6) is -0.188. The number of aliphatic hydroxyl groups is 2. The van der Waals surface area contributed by atoms with E-state index in [2.05, 4.69) is 11.4 Å². The van der Waals surface area contributed by atoms with Crippen molar-refractivity contribution in [3.05, 3.63) is 81.2 Å². The van der Waals surface area contributed by atoms with Crippen LogP contribution in [0.25, 0.3) is 0 Å². The number of nitrogens with one attached hydrogen (secondary N) is 1.